The van der Waals surface area contributed by atoms with Crippen LogP contribution in [-0.4, -0.2) is 4.98 Å². The number of aryl methyl sites for hydroxylation is 1. The van der Waals surface area contributed by atoms with Crippen molar-refractivity contribution in [3.05, 3.63) is 28.0 Å². The molecule has 0 bridgehead atoms. The maximum absolute atomic E-state index is 8.65. The number of rotatable bonds is 3. The van der Waals surface area contributed by atoms with Crippen LogP contribution in [0.25, 0.3) is 0 Å². The molecule has 3 heteroatoms. The molecule has 0 atom stereocenters. The second-order valence-electron chi connectivity index (χ2n) is 2.94. The van der Waals surface area contributed by atoms with Gasteiger partial charge in [-0.1, -0.05) is 25.6 Å². The summed E-state index contributed by atoms with van der Waals surface area (Å²) in [5.41, 5.74) is 1.67. The standard InChI is InChI=1S/C10H12N2S/c1-2-3-4-9-6-5-8(7-11)10(13)12-9/h5-6H,2-4H2,1H3,(H,12,13). The van der Waals surface area contributed by atoms with Crippen LogP contribution in [0.1, 0.15) is 31.0 Å². The van der Waals surface area contributed by atoms with E-state index in [0.717, 1.165) is 18.5 Å². The topological polar surface area (TPSA) is 39.6 Å². The van der Waals surface area contributed by atoms with Crippen molar-refractivity contribution in [1.82, 2.24) is 4.98 Å². The van der Waals surface area contributed by atoms with E-state index in [1.807, 2.05) is 12.1 Å². The Hall–Kier alpha value is -1.14. The Kier molecular flexibility index (Phi) is 3.66. The number of aromatic nitrogens is 1. The van der Waals surface area contributed by atoms with E-state index in [4.69, 9.17) is 17.5 Å². The van der Waals surface area contributed by atoms with Crippen LogP contribution in [-0.2, 0) is 6.42 Å². The number of aromatic amines is 1. The molecule has 0 fully saturated rings. The SMILES string of the molecule is CCCCc1ccc(C#N)c(=S)[nH]1. The van der Waals surface area contributed by atoms with Gasteiger partial charge in [0.2, 0.25) is 0 Å². The van der Waals surface area contributed by atoms with E-state index in [-0.39, 0.29) is 0 Å². The Labute approximate surface area is 83.2 Å². The van der Waals surface area contributed by atoms with Gasteiger partial charge < -0.3 is 4.98 Å². The lowest BCUT2D eigenvalue weighted by atomic mass is 10.2. The number of nitrogens with one attached hydrogen (secondary N) is 1. The molecule has 0 aromatic carbocycles. The summed E-state index contributed by atoms with van der Waals surface area (Å²) in [6.45, 7) is 2.15. The van der Waals surface area contributed by atoms with Gasteiger partial charge in [-0.2, -0.15) is 5.26 Å². The highest BCUT2D eigenvalue weighted by Crippen LogP contribution is 2.05. The van der Waals surface area contributed by atoms with E-state index >= 15 is 0 Å². The minimum Gasteiger partial charge on any atom is -0.349 e. The summed E-state index contributed by atoms with van der Waals surface area (Å²) in [5, 5.41) is 8.65. The number of nitriles is 1. The van der Waals surface area contributed by atoms with Crippen molar-refractivity contribution >= 4 is 12.2 Å². The minimum absolute atomic E-state index is 0.551. The van der Waals surface area contributed by atoms with Gasteiger partial charge in [-0.05, 0) is 25.0 Å². The summed E-state index contributed by atoms with van der Waals surface area (Å²) in [4.78, 5) is 3.05. The van der Waals surface area contributed by atoms with Crippen LogP contribution in [0.2, 0.25) is 0 Å². The number of unbranched alkanes of at least 4 members (excludes halogenated alkanes) is 1. The molecule has 0 saturated carbocycles. The van der Waals surface area contributed by atoms with Crippen molar-refractivity contribution in [2.45, 2.75) is 26.2 Å². The first-order valence-electron chi connectivity index (χ1n) is 4.40. The molecule has 1 rings (SSSR count). The van der Waals surface area contributed by atoms with E-state index in [2.05, 4.69) is 11.9 Å². The highest BCUT2D eigenvalue weighted by molar-refractivity contribution is 7.71. The van der Waals surface area contributed by atoms with Crippen molar-refractivity contribution in [3.63, 3.8) is 0 Å². The third kappa shape index (κ3) is 2.67. The molecule has 0 amide bonds. The van der Waals surface area contributed by atoms with Crippen molar-refractivity contribution < 1.29 is 0 Å². The maximum atomic E-state index is 8.65. The Morgan fingerprint density at radius 2 is 2.31 bits per heavy atom. The van der Waals surface area contributed by atoms with Gasteiger partial charge in [0.25, 0.3) is 0 Å². The van der Waals surface area contributed by atoms with Gasteiger partial charge in [0.15, 0.2) is 0 Å². The number of H-pyrrole nitrogens is 1. The highest BCUT2D eigenvalue weighted by Gasteiger charge is 1.96. The average Bonchev–Trinajstić information content (AvgIpc) is 2.15. The highest BCUT2D eigenvalue weighted by atomic mass is 32.1. The predicted octanol–water partition coefficient (Wildman–Crippen LogP) is 2.96. The van der Waals surface area contributed by atoms with Gasteiger partial charge in [0, 0.05) is 5.69 Å². The lowest BCUT2D eigenvalue weighted by Crippen LogP contribution is -1.91. The molecule has 0 aliphatic heterocycles. The van der Waals surface area contributed by atoms with Crippen LogP contribution in [0.4, 0.5) is 0 Å². The number of nitrogens with zero attached hydrogens (tertiary/aromatic N) is 1. The van der Waals surface area contributed by atoms with Crippen molar-refractivity contribution in [3.8, 4) is 6.07 Å². The van der Waals surface area contributed by atoms with Crippen LogP contribution < -0.4 is 0 Å². The fourth-order valence-electron chi connectivity index (χ4n) is 1.12. The molecule has 0 unspecified atom stereocenters. The summed E-state index contributed by atoms with van der Waals surface area (Å²) in [5.74, 6) is 0. The van der Waals surface area contributed by atoms with Gasteiger partial charge in [0.05, 0.1) is 5.56 Å². The van der Waals surface area contributed by atoms with E-state index in [0.29, 0.717) is 10.2 Å². The summed E-state index contributed by atoms with van der Waals surface area (Å²) < 4.78 is 0.552. The number of hydrogen-bond donors (Lipinski definition) is 1. The van der Waals surface area contributed by atoms with Crippen molar-refractivity contribution in [2.75, 3.05) is 0 Å². The fraction of sp³-hybridized carbons (Fsp3) is 0.400. The van der Waals surface area contributed by atoms with E-state index < -0.39 is 0 Å². The third-order valence-electron chi connectivity index (χ3n) is 1.89. The first-order valence-corrected chi connectivity index (χ1v) is 4.81. The molecular weight excluding hydrogens is 180 g/mol. The van der Waals surface area contributed by atoms with Gasteiger partial charge in [0.1, 0.15) is 10.7 Å². The zero-order valence-electron chi connectivity index (χ0n) is 7.63. The number of hydrogen-bond acceptors (Lipinski definition) is 2. The van der Waals surface area contributed by atoms with Crippen LogP contribution in [0.15, 0.2) is 12.1 Å². The molecule has 13 heavy (non-hydrogen) atoms. The average molecular weight is 192 g/mol. The zero-order chi connectivity index (χ0) is 9.68. The van der Waals surface area contributed by atoms with Crippen LogP contribution in [0.5, 0.6) is 0 Å². The normalized spacial score (nSPS) is 9.54. The Bertz CT molecular complexity index is 373. The van der Waals surface area contributed by atoms with Crippen molar-refractivity contribution in [2.24, 2.45) is 0 Å². The summed E-state index contributed by atoms with van der Waals surface area (Å²) in [6.07, 6.45) is 3.32. The lowest BCUT2D eigenvalue weighted by molar-refractivity contribution is 0.775. The largest absolute Gasteiger partial charge is 0.349 e. The quantitative estimate of drug-likeness (QED) is 0.748. The third-order valence-corrected chi connectivity index (χ3v) is 2.21. The summed E-state index contributed by atoms with van der Waals surface area (Å²) >= 11 is 5.01. The minimum atomic E-state index is 0.551. The molecule has 1 aromatic heterocycles. The van der Waals surface area contributed by atoms with Crippen LogP contribution in [0.3, 0.4) is 0 Å². The maximum Gasteiger partial charge on any atom is 0.121 e. The molecule has 0 aliphatic rings. The summed E-state index contributed by atoms with van der Waals surface area (Å²) in [7, 11) is 0. The molecule has 1 N–H and O–H groups in total. The first-order chi connectivity index (χ1) is 6.27. The van der Waals surface area contributed by atoms with Gasteiger partial charge in [-0.3, -0.25) is 0 Å². The van der Waals surface area contributed by atoms with E-state index in [9.17, 15) is 0 Å². The zero-order valence-corrected chi connectivity index (χ0v) is 8.45. The first kappa shape index (κ1) is 9.94. The lowest BCUT2D eigenvalue weighted by Gasteiger charge is -1.99. The second kappa shape index (κ2) is 4.78. The Balaban J connectivity index is 2.85. The molecule has 0 radical (unpaired) electrons. The molecule has 0 spiro atoms. The van der Waals surface area contributed by atoms with E-state index in [1.54, 1.807) is 6.07 Å². The Morgan fingerprint density at radius 3 is 2.85 bits per heavy atom. The second-order valence-corrected chi connectivity index (χ2v) is 3.35. The molecule has 0 aliphatic carbocycles. The molecule has 68 valence electrons. The number of pyridine rings is 1. The van der Waals surface area contributed by atoms with Crippen LogP contribution >= 0.6 is 12.2 Å². The molecule has 2 nitrogen and oxygen atoms in total. The summed E-state index contributed by atoms with van der Waals surface area (Å²) in [6, 6.07) is 5.76. The Morgan fingerprint density at radius 1 is 1.54 bits per heavy atom. The smallest absolute Gasteiger partial charge is 0.121 e. The van der Waals surface area contributed by atoms with Crippen LogP contribution in [0, 0.1) is 16.0 Å². The molecular formula is C10H12N2S. The molecule has 1 heterocycles. The molecule has 0 saturated heterocycles. The monoisotopic (exact) mass is 192 g/mol. The van der Waals surface area contributed by atoms with Gasteiger partial charge >= 0.3 is 0 Å². The predicted molar refractivity (Wildman–Crippen MR) is 55.0 cm³/mol. The van der Waals surface area contributed by atoms with Crippen molar-refractivity contribution in [1.29, 1.82) is 5.26 Å². The molecule has 1 aromatic rings. The van der Waals surface area contributed by atoms with E-state index in [1.165, 1.54) is 6.42 Å². The van der Waals surface area contributed by atoms with Gasteiger partial charge in [-0.15, -0.1) is 0 Å². The fourth-order valence-corrected chi connectivity index (χ4v) is 1.36. The van der Waals surface area contributed by atoms with Gasteiger partial charge in [-0.25, -0.2) is 0 Å².